The summed E-state index contributed by atoms with van der Waals surface area (Å²) in [4.78, 5) is 2.43. The first kappa shape index (κ1) is 16.4. The van der Waals surface area contributed by atoms with Gasteiger partial charge in [-0.05, 0) is 52.6 Å². The van der Waals surface area contributed by atoms with Gasteiger partial charge in [0.2, 0.25) is 0 Å². The van der Waals surface area contributed by atoms with Crippen molar-refractivity contribution in [1.82, 2.24) is 10.2 Å². The maximum atomic E-state index is 9.33. The summed E-state index contributed by atoms with van der Waals surface area (Å²) in [5.74, 6) is 0. The van der Waals surface area contributed by atoms with E-state index in [0.717, 1.165) is 45.4 Å². The largest absolute Gasteiger partial charge is 0.377 e. The smallest absolute Gasteiger partial charge is 0.105 e. The van der Waals surface area contributed by atoms with Crippen LogP contribution in [0.5, 0.6) is 0 Å². The molecule has 0 spiro atoms. The molecule has 1 aliphatic rings. The third kappa shape index (κ3) is 5.10. The van der Waals surface area contributed by atoms with Gasteiger partial charge in [-0.15, -0.1) is 0 Å². The summed E-state index contributed by atoms with van der Waals surface area (Å²) in [6.07, 6.45) is 4.23. The molecule has 4 heteroatoms. The van der Waals surface area contributed by atoms with E-state index in [1.165, 1.54) is 6.42 Å². The molecule has 1 rings (SSSR count). The van der Waals surface area contributed by atoms with Crippen LogP contribution in [0.2, 0.25) is 0 Å². The van der Waals surface area contributed by atoms with Crippen LogP contribution in [0.15, 0.2) is 0 Å². The number of hydrogen-bond donors (Lipinski definition) is 1. The highest BCUT2D eigenvalue weighted by atomic mass is 16.5. The van der Waals surface area contributed by atoms with Crippen LogP contribution in [0.4, 0.5) is 0 Å². The maximum Gasteiger partial charge on any atom is 0.105 e. The molecule has 1 saturated heterocycles. The lowest BCUT2D eigenvalue weighted by atomic mass is 9.93. The Hall–Kier alpha value is -0.630. The highest BCUT2D eigenvalue weighted by molar-refractivity contribution is 5.04. The van der Waals surface area contributed by atoms with Crippen molar-refractivity contribution in [2.75, 3.05) is 33.3 Å². The maximum absolute atomic E-state index is 9.33. The number of nitrogens with zero attached hydrogens (tertiary/aromatic N) is 2. The van der Waals surface area contributed by atoms with Crippen LogP contribution in [0.25, 0.3) is 0 Å². The monoisotopic (exact) mass is 267 g/mol. The van der Waals surface area contributed by atoms with Crippen LogP contribution in [-0.2, 0) is 4.74 Å². The summed E-state index contributed by atoms with van der Waals surface area (Å²) in [5, 5.41) is 12.7. The van der Waals surface area contributed by atoms with Gasteiger partial charge in [-0.1, -0.05) is 6.92 Å². The quantitative estimate of drug-likeness (QED) is 0.768. The topological polar surface area (TPSA) is 48.3 Å². The lowest BCUT2D eigenvalue weighted by molar-refractivity contribution is -0.0515. The van der Waals surface area contributed by atoms with E-state index >= 15 is 0 Å². The van der Waals surface area contributed by atoms with E-state index in [2.05, 4.69) is 30.1 Å². The first-order valence-corrected chi connectivity index (χ1v) is 7.41. The number of rotatable bonds is 7. The zero-order valence-corrected chi connectivity index (χ0v) is 13.0. The van der Waals surface area contributed by atoms with Crippen molar-refractivity contribution in [3.8, 4) is 6.07 Å². The van der Waals surface area contributed by atoms with Crippen molar-refractivity contribution < 1.29 is 4.74 Å². The van der Waals surface area contributed by atoms with E-state index < -0.39 is 5.54 Å². The minimum atomic E-state index is -0.406. The van der Waals surface area contributed by atoms with Crippen LogP contribution >= 0.6 is 0 Å². The summed E-state index contributed by atoms with van der Waals surface area (Å²) in [5.41, 5.74) is -0.422. The molecule has 0 aromatic rings. The first-order valence-electron chi connectivity index (χ1n) is 7.41. The second-order valence-corrected chi connectivity index (χ2v) is 6.15. The van der Waals surface area contributed by atoms with Gasteiger partial charge in [0.1, 0.15) is 5.54 Å². The number of ether oxygens (including phenoxy) is 1. The molecule has 2 atom stereocenters. The number of piperidine rings is 1. The van der Waals surface area contributed by atoms with Crippen molar-refractivity contribution in [3.05, 3.63) is 0 Å². The van der Waals surface area contributed by atoms with Crippen LogP contribution in [-0.4, -0.2) is 49.3 Å². The molecule has 4 nitrogen and oxygen atoms in total. The minimum absolute atomic E-state index is 0.0157. The molecule has 0 radical (unpaired) electrons. The van der Waals surface area contributed by atoms with E-state index in [-0.39, 0.29) is 5.60 Å². The Morgan fingerprint density at radius 2 is 2.26 bits per heavy atom. The van der Waals surface area contributed by atoms with Gasteiger partial charge in [0, 0.05) is 20.2 Å². The van der Waals surface area contributed by atoms with Gasteiger partial charge in [-0.25, -0.2) is 0 Å². The van der Waals surface area contributed by atoms with Crippen LogP contribution in [0, 0.1) is 11.3 Å². The Balaban J connectivity index is 2.44. The fourth-order valence-corrected chi connectivity index (χ4v) is 2.63. The summed E-state index contributed by atoms with van der Waals surface area (Å²) >= 11 is 0. The molecule has 0 aromatic carbocycles. The molecule has 2 unspecified atom stereocenters. The van der Waals surface area contributed by atoms with Crippen molar-refractivity contribution in [2.24, 2.45) is 0 Å². The Labute approximate surface area is 118 Å². The van der Waals surface area contributed by atoms with Gasteiger partial charge in [0.15, 0.2) is 0 Å². The lowest BCUT2D eigenvalue weighted by Gasteiger charge is -2.40. The van der Waals surface area contributed by atoms with Crippen LogP contribution in [0.1, 0.15) is 46.5 Å². The Kier molecular flexibility index (Phi) is 6.25. The van der Waals surface area contributed by atoms with Gasteiger partial charge in [-0.2, -0.15) is 5.26 Å². The van der Waals surface area contributed by atoms with Gasteiger partial charge in [0.05, 0.1) is 11.7 Å². The van der Waals surface area contributed by atoms with Crippen molar-refractivity contribution >= 4 is 0 Å². The number of hydrogen-bond acceptors (Lipinski definition) is 4. The van der Waals surface area contributed by atoms with Crippen molar-refractivity contribution in [2.45, 2.75) is 57.6 Å². The third-order valence-electron chi connectivity index (χ3n) is 4.17. The van der Waals surface area contributed by atoms with E-state index in [9.17, 15) is 5.26 Å². The fourth-order valence-electron chi connectivity index (χ4n) is 2.63. The first-order chi connectivity index (χ1) is 8.97. The fraction of sp³-hybridized carbons (Fsp3) is 0.933. The molecule has 0 aromatic heterocycles. The van der Waals surface area contributed by atoms with E-state index in [4.69, 9.17) is 4.74 Å². The standard InChI is InChI=1S/C15H29N3O/c1-5-9-17-14(2,12-16)8-11-18-10-6-7-15(3,13-18)19-4/h17H,5-11,13H2,1-4H3. The minimum Gasteiger partial charge on any atom is -0.377 e. The van der Waals surface area contributed by atoms with Gasteiger partial charge < -0.3 is 9.64 Å². The predicted molar refractivity (Wildman–Crippen MR) is 78.0 cm³/mol. The zero-order chi connectivity index (χ0) is 14.4. The number of nitriles is 1. The number of methoxy groups -OCH3 is 1. The number of nitrogens with one attached hydrogen (secondary N) is 1. The third-order valence-corrected chi connectivity index (χ3v) is 4.17. The van der Waals surface area contributed by atoms with Crippen molar-refractivity contribution in [3.63, 3.8) is 0 Å². The van der Waals surface area contributed by atoms with E-state index in [1.807, 2.05) is 6.92 Å². The molecule has 1 fully saturated rings. The second kappa shape index (κ2) is 7.23. The molecule has 0 bridgehead atoms. The highest BCUT2D eigenvalue weighted by Crippen LogP contribution is 2.24. The normalized spacial score (nSPS) is 27.7. The van der Waals surface area contributed by atoms with E-state index in [1.54, 1.807) is 7.11 Å². The summed E-state index contributed by atoms with van der Waals surface area (Å²) < 4.78 is 5.61. The molecule has 0 aliphatic carbocycles. The molecule has 1 heterocycles. The van der Waals surface area contributed by atoms with Gasteiger partial charge >= 0.3 is 0 Å². The molecule has 1 aliphatic heterocycles. The molecule has 1 N–H and O–H groups in total. The Morgan fingerprint density at radius 3 is 2.84 bits per heavy atom. The molecule has 0 amide bonds. The molecular formula is C15H29N3O. The van der Waals surface area contributed by atoms with Gasteiger partial charge in [-0.3, -0.25) is 5.32 Å². The zero-order valence-electron chi connectivity index (χ0n) is 13.0. The average Bonchev–Trinajstić information content (AvgIpc) is 2.43. The molecule has 110 valence electrons. The van der Waals surface area contributed by atoms with Gasteiger partial charge in [0.25, 0.3) is 0 Å². The second-order valence-electron chi connectivity index (χ2n) is 6.15. The Morgan fingerprint density at radius 1 is 1.53 bits per heavy atom. The lowest BCUT2D eigenvalue weighted by Crippen LogP contribution is -2.50. The molecule has 0 saturated carbocycles. The summed E-state index contributed by atoms with van der Waals surface area (Å²) in [6, 6.07) is 2.42. The SMILES string of the molecule is CCCNC(C)(C#N)CCN1CCCC(C)(OC)C1. The van der Waals surface area contributed by atoms with Crippen LogP contribution in [0.3, 0.4) is 0 Å². The summed E-state index contributed by atoms with van der Waals surface area (Å²) in [7, 11) is 1.80. The highest BCUT2D eigenvalue weighted by Gasteiger charge is 2.32. The summed E-state index contributed by atoms with van der Waals surface area (Å²) in [6.45, 7) is 10.3. The predicted octanol–water partition coefficient (Wildman–Crippen LogP) is 2.16. The molecular weight excluding hydrogens is 238 g/mol. The Bertz CT molecular complexity index is 315. The molecule has 19 heavy (non-hydrogen) atoms. The number of likely N-dealkylation sites (tertiary alicyclic amines) is 1. The average molecular weight is 267 g/mol. The van der Waals surface area contributed by atoms with Crippen LogP contribution < -0.4 is 5.32 Å². The van der Waals surface area contributed by atoms with E-state index in [0.29, 0.717) is 0 Å². The van der Waals surface area contributed by atoms with Crippen molar-refractivity contribution in [1.29, 1.82) is 5.26 Å².